The molecule has 2 N–H and O–H groups in total. The van der Waals surface area contributed by atoms with Gasteiger partial charge in [-0.25, -0.2) is 0 Å². The second-order valence-electron chi connectivity index (χ2n) is 2.65. The predicted octanol–water partition coefficient (Wildman–Crippen LogP) is 1.97. The number of thioether (sulfide) groups is 1. The molecule has 70 valence electrons. The number of primary amides is 1. The van der Waals surface area contributed by atoms with Crippen LogP contribution in [0, 0.1) is 0 Å². The Morgan fingerprint density at radius 2 is 2.08 bits per heavy atom. The highest BCUT2D eigenvalue weighted by atomic mass is 32.2. The van der Waals surface area contributed by atoms with Crippen LogP contribution in [0.2, 0.25) is 0 Å². The number of benzene rings is 1. The molecule has 1 amide bonds. The molecule has 0 aliphatic heterocycles. The molecule has 13 heavy (non-hydrogen) atoms. The zero-order valence-electron chi connectivity index (χ0n) is 7.57. The minimum atomic E-state index is -0.266. The smallest absolute Gasteiger partial charge is 0.235 e. The highest BCUT2D eigenvalue weighted by Crippen LogP contribution is 2.27. The first kappa shape index (κ1) is 10.1. The van der Waals surface area contributed by atoms with Crippen LogP contribution in [0.3, 0.4) is 0 Å². The van der Waals surface area contributed by atoms with Crippen LogP contribution in [0.25, 0.3) is 0 Å². The normalized spacial score (nSPS) is 12.4. The van der Waals surface area contributed by atoms with Crippen LogP contribution in [0.1, 0.15) is 17.7 Å². The van der Waals surface area contributed by atoms with E-state index in [2.05, 4.69) is 0 Å². The number of hydrogen-bond donors (Lipinski definition) is 1. The maximum Gasteiger partial charge on any atom is 0.235 e. The maximum absolute atomic E-state index is 11.1. The second kappa shape index (κ2) is 4.92. The van der Waals surface area contributed by atoms with Crippen molar-refractivity contribution in [1.29, 1.82) is 0 Å². The maximum atomic E-state index is 11.1. The Labute approximate surface area is 82.5 Å². The van der Waals surface area contributed by atoms with E-state index < -0.39 is 0 Å². The summed E-state index contributed by atoms with van der Waals surface area (Å²) in [4.78, 5) is 11.1. The molecule has 1 rings (SSSR count). The van der Waals surface area contributed by atoms with E-state index in [-0.39, 0.29) is 11.2 Å². The van der Waals surface area contributed by atoms with Crippen molar-refractivity contribution >= 4 is 17.7 Å². The van der Waals surface area contributed by atoms with Gasteiger partial charge in [-0.05, 0) is 11.3 Å². The van der Waals surface area contributed by atoms with Gasteiger partial charge < -0.3 is 5.73 Å². The summed E-state index contributed by atoms with van der Waals surface area (Å²) in [6.45, 7) is 2.02. The Balaban J connectivity index is 2.82. The lowest BCUT2D eigenvalue weighted by Gasteiger charge is -2.11. The summed E-state index contributed by atoms with van der Waals surface area (Å²) in [5.74, 6) is 0.626. The summed E-state index contributed by atoms with van der Waals surface area (Å²) in [5.41, 5.74) is 6.28. The van der Waals surface area contributed by atoms with Crippen LogP contribution in [-0.4, -0.2) is 11.7 Å². The fraction of sp³-hybridized carbons (Fsp3) is 0.300. The third-order valence-corrected chi connectivity index (χ3v) is 2.87. The van der Waals surface area contributed by atoms with Crippen molar-refractivity contribution in [3.05, 3.63) is 35.9 Å². The molecule has 0 spiro atoms. The predicted molar refractivity (Wildman–Crippen MR) is 56.5 cm³/mol. The fourth-order valence-electron chi connectivity index (χ4n) is 1.14. The van der Waals surface area contributed by atoms with E-state index in [1.807, 2.05) is 37.3 Å². The van der Waals surface area contributed by atoms with E-state index in [0.29, 0.717) is 0 Å². The molecule has 0 aliphatic carbocycles. The molecule has 0 aliphatic rings. The Bertz CT molecular complexity index is 274. The van der Waals surface area contributed by atoms with Crippen molar-refractivity contribution in [3.8, 4) is 0 Å². The number of nitrogens with two attached hydrogens (primary N) is 1. The molecule has 0 radical (unpaired) electrons. The number of carbonyl (C=O) groups excluding carboxylic acids is 1. The standard InChI is InChI=1S/C10H13NOS/c1-2-13-9(10(11)12)8-6-4-3-5-7-8/h3-7,9H,2H2,1H3,(H2,11,12). The van der Waals surface area contributed by atoms with Crippen LogP contribution >= 0.6 is 11.8 Å². The number of carbonyl (C=O) groups is 1. The van der Waals surface area contributed by atoms with Crippen LogP contribution in [0.5, 0.6) is 0 Å². The summed E-state index contributed by atoms with van der Waals surface area (Å²) in [6.07, 6.45) is 0. The van der Waals surface area contributed by atoms with Gasteiger partial charge >= 0.3 is 0 Å². The quantitative estimate of drug-likeness (QED) is 0.798. The molecular weight excluding hydrogens is 182 g/mol. The highest BCUT2D eigenvalue weighted by molar-refractivity contribution is 8.00. The number of amides is 1. The van der Waals surface area contributed by atoms with E-state index in [1.165, 1.54) is 0 Å². The van der Waals surface area contributed by atoms with E-state index in [0.717, 1.165) is 11.3 Å². The first-order valence-electron chi connectivity index (χ1n) is 4.21. The molecule has 0 saturated heterocycles. The van der Waals surface area contributed by atoms with Crippen molar-refractivity contribution in [2.45, 2.75) is 12.2 Å². The number of hydrogen-bond acceptors (Lipinski definition) is 2. The Morgan fingerprint density at radius 3 is 2.54 bits per heavy atom. The van der Waals surface area contributed by atoms with Crippen LogP contribution < -0.4 is 5.73 Å². The topological polar surface area (TPSA) is 43.1 Å². The third-order valence-electron chi connectivity index (χ3n) is 1.69. The summed E-state index contributed by atoms with van der Waals surface area (Å²) < 4.78 is 0. The molecule has 0 aromatic heterocycles. The lowest BCUT2D eigenvalue weighted by Crippen LogP contribution is -2.19. The average Bonchev–Trinajstić information content (AvgIpc) is 2.15. The van der Waals surface area contributed by atoms with Gasteiger partial charge in [0.25, 0.3) is 0 Å². The van der Waals surface area contributed by atoms with Gasteiger partial charge in [-0.2, -0.15) is 0 Å². The molecule has 0 fully saturated rings. The van der Waals surface area contributed by atoms with Crippen molar-refractivity contribution in [2.24, 2.45) is 5.73 Å². The monoisotopic (exact) mass is 195 g/mol. The largest absolute Gasteiger partial charge is 0.368 e. The Hall–Kier alpha value is -0.960. The van der Waals surface area contributed by atoms with Gasteiger partial charge in [0.2, 0.25) is 5.91 Å². The minimum absolute atomic E-state index is 0.203. The van der Waals surface area contributed by atoms with E-state index >= 15 is 0 Å². The molecule has 3 heteroatoms. The summed E-state index contributed by atoms with van der Waals surface area (Å²) >= 11 is 1.56. The summed E-state index contributed by atoms with van der Waals surface area (Å²) in [7, 11) is 0. The van der Waals surface area contributed by atoms with Crippen molar-refractivity contribution < 1.29 is 4.79 Å². The third kappa shape index (κ3) is 2.77. The van der Waals surface area contributed by atoms with Crippen molar-refractivity contribution in [2.75, 3.05) is 5.75 Å². The SMILES string of the molecule is CCSC(C(N)=O)c1ccccc1. The van der Waals surface area contributed by atoms with Gasteiger partial charge in [-0.1, -0.05) is 37.3 Å². The zero-order chi connectivity index (χ0) is 9.68. The van der Waals surface area contributed by atoms with Gasteiger partial charge in [-0.3, -0.25) is 4.79 Å². The fourth-order valence-corrected chi connectivity index (χ4v) is 1.98. The van der Waals surface area contributed by atoms with E-state index in [4.69, 9.17) is 5.73 Å². The first-order valence-corrected chi connectivity index (χ1v) is 5.26. The molecule has 0 heterocycles. The molecule has 1 aromatic carbocycles. The van der Waals surface area contributed by atoms with Gasteiger partial charge in [-0.15, -0.1) is 11.8 Å². The molecule has 0 saturated carbocycles. The molecular formula is C10H13NOS. The molecule has 2 nitrogen and oxygen atoms in total. The van der Waals surface area contributed by atoms with Crippen LogP contribution in [0.4, 0.5) is 0 Å². The summed E-state index contributed by atoms with van der Waals surface area (Å²) in [6, 6.07) is 9.62. The van der Waals surface area contributed by atoms with Gasteiger partial charge in [0.1, 0.15) is 5.25 Å². The average molecular weight is 195 g/mol. The molecule has 1 unspecified atom stereocenters. The van der Waals surface area contributed by atoms with E-state index in [9.17, 15) is 4.79 Å². The summed E-state index contributed by atoms with van der Waals surface area (Å²) in [5, 5.41) is -0.203. The highest BCUT2D eigenvalue weighted by Gasteiger charge is 2.16. The molecule has 1 aromatic rings. The lowest BCUT2D eigenvalue weighted by atomic mass is 10.1. The van der Waals surface area contributed by atoms with Crippen LogP contribution in [0.15, 0.2) is 30.3 Å². The minimum Gasteiger partial charge on any atom is -0.368 e. The second-order valence-corrected chi connectivity index (χ2v) is 4.03. The molecule has 0 bridgehead atoms. The lowest BCUT2D eigenvalue weighted by molar-refractivity contribution is -0.117. The van der Waals surface area contributed by atoms with Gasteiger partial charge in [0, 0.05) is 0 Å². The van der Waals surface area contributed by atoms with Crippen molar-refractivity contribution in [1.82, 2.24) is 0 Å². The Kier molecular flexibility index (Phi) is 3.83. The van der Waals surface area contributed by atoms with Gasteiger partial charge in [0.05, 0.1) is 0 Å². The zero-order valence-corrected chi connectivity index (χ0v) is 8.38. The first-order chi connectivity index (χ1) is 6.25. The van der Waals surface area contributed by atoms with Crippen molar-refractivity contribution in [3.63, 3.8) is 0 Å². The Morgan fingerprint density at radius 1 is 1.46 bits per heavy atom. The molecule has 1 atom stereocenters. The van der Waals surface area contributed by atoms with Crippen LogP contribution in [-0.2, 0) is 4.79 Å². The van der Waals surface area contributed by atoms with Gasteiger partial charge in [0.15, 0.2) is 0 Å². The van der Waals surface area contributed by atoms with E-state index in [1.54, 1.807) is 11.8 Å². The number of rotatable bonds is 4.